The molecule has 1 aromatic carbocycles. The van der Waals surface area contributed by atoms with Crippen molar-refractivity contribution in [2.75, 3.05) is 25.6 Å². The van der Waals surface area contributed by atoms with E-state index in [4.69, 9.17) is 9.47 Å². The molecule has 0 aliphatic heterocycles. The van der Waals surface area contributed by atoms with Crippen LogP contribution in [0.5, 0.6) is 5.75 Å². The summed E-state index contributed by atoms with van der Waals surface area (Å²) in [4.78, 5) is 16.0. The minimum Gasteiger partial charge on any atom is -0.497 e. The lowest BCUT2D eigenvalue weighted by molar-refractivity contribution is 0.161. The van der Waals surface area contributed by atoms with Crippen LogP contribution in [0.2, 0.25) is 0 Å². The predicted octanol–water partition coefficient (Wildman–Crippen LogP) is 2.85. The normalized spacial score (nSPS) is 10.9. The fraction of sp³-hybridized carbons (Fsp3) is 0.429. The summed E-state index contributed by atoms with van der Waals surface area (Å²) in [5.41, 5.74) is 0.817. The molecule has 1 aromatic heterocycles. The molecular formula is C14H19N3O3S. The summed E-state index contributed by atoms with van der Waals surface area (Å²) >= 11 is 1.38. The van der Waals surface area contributed by atoms with Crippen LogP contribution in [-0.2, 0) is 4.74 Å². The van der Waals surface area contributed by atoms with Gasteiger partial charge >= 0.3 is 6.09 Å². The van der Waals surface area contributed by atoms with Gasteiger partial charge in [0.05, 0.1) is 17.3 Å². The molecule has 6 nitrogen and oxygen atoms in total. The number of amides is 1. The quantitative estimate of drug-likeness (QED) is 0.803. The molecule has 2 rings (SSSR count). The Morgan fingerprint density at radius 1 is 1.43 bits per heavy atom. The van der Waals surface area contributed by atoms with Gasteiger partial charge in [-0.3, -0.25) is 5.32 Å². The number of rotatable bonds is 6. The molecule has 114 valence electrons. The molecule has 0 atom stereocenters. The molecule has 0 aliphatic rings. The van der Waals surface area contributed by atoms with Crippen molar-refractivity contribution in [3.05, 3.63) is 18.2 Å². The Kier molecular flexibility index (Phi) is 5.35. The Morgan fingerprint density at radius 2 is 2.24 bits per heavy atom. The summed E-state index contributed by atoms with van der Waals surface area (Å²) < 4.78 is 11.2. The number of nitrogens with one attached hydrogen (secondary N) is 2. The SMILES string of the molecule is COc1ccc2nc(NC(=O)OCCNC(C)C)sc2c1. The predicted molar refractivity (Wildman–Crippen MR) is 84.3 cm³/mol. The first kappa shape index (κ1) is 15.5. The van der Waals surface area contributed by atoms with Crippen molar-refractivity contribution in [3.63, 3.8) is 0 Å². The summed E-state index contributed by atoms with van der Waals surface area (Å²) in [5, 5.41) is 6.32. The van der Waals surface area contributed by atoms with Gasteiger partial charge in [-0.05, 0) is 18.2 Å². The highest BCUT2D eigenvalue weighted by atomic mass is 32.1. The summed E-state index contributed by atoms with van der Waals surface area (Å²) in [6, 6.07) is 5.95. The Morgan fingerprint density at radius 3 is 2.95 bits per heavy atom. The number of methoxy groups -OCH3 is 1. The van der Waals surface area contributed by atoms with Crippen LogP contribution in [0.1, 0.15) is 13.8 Å². The van der Waals surface area contributed by atoms with Crippen LogP contribution in [0, 0.1) is 0 Å². The second-order valence-electron chi connectivity index (χ2n) is 4.72. The van der Waals surface area contributed by atoms with Crippen LogP contribution in [0.4, 0.5) is 9.93 Å². The summed E-state index contributed by atoms with van der Waals surface area (Å²) in [5.74, 6) is 0.764. The number of thiazole rings is 1. The number of nitrogens with zero attached hydrogens (tertiary/aromatic N) is 1. The Bertz CT molecular complexity index is 613. The number of ether oxygens (including phenoxy) is 2. The third-order valence-corrected chi connectivity index (χ3v) is 3.63. The topological polar surface area (TPSA) is 72.5 Å². The summed E-state index contributed by atoms with van der Waals surface area (Å²) in [7, 11) is 1.62. The molecule has 0 saturated carbocycles. The second kappa shape index (κ2) is 7.24. The van der Waals surface area contributed by atoms with Crippen LogP contribution >= 0.6 is 11.3 Å². The van der Waals surface area contributed by atoms with E-state index in [1.807, 2.05) is 32.0 Å². The van der Waals surface area contributed by atoms with Gasteiger partial charge in [0.2, 0.25) is 0 Å². The van der Waals surface area contributed by atoms with Crippen LogP contribution in [0.25, 0.3) is 10.2 Å². The van der Waals surface area contributed by atoms with Crippen molar-refractivity contribution >= 4 is 32.8 Å². The van der Waals surface area contributed by atoms with Gasteiger partial charge in [0.25, 0.3) is 0 Å². The maximum absolute atomic E-state index is 11.6. The van der Waals surface area contributed by atoms with Gasteiger partial charge in [-0.25, -0.2) is 9.78 Å². The maximum atomic E-state index is 11.6. The molecule has 0 bridgehead atoms. The fourth-order valence-electron chi connectivity index (χ4n) is 1.70. The molecule has 0 unspecified atom stereocenters. The van der Waals surface area contributed by atoms with E-state index in [0.717, 1.165) is 16.0 Å². The van der Waals surface area contributed by atoms with Crippen LogP contribution in [0.3, 0.4) is 0 Å². The number of carbonyl (C=O) groups is 1. The van der Waals surface area contributed by atoms with E-state index in [9.17, 15) is 4.79 Å². The highest BCUT2D eigenvalue weighted by Gasteiger charge is 2.09. The van der Waals surface area contributed by atoms with Gasteiger partial charge in [-0.1, -0.05) is 25.2 Å². The molecule has 21 heavy (non-hydrogen) atoms. The Hall–Kier alpha value is -1.86. The zero-order valence-electron chi connectivity index (χ0n) is 12.3. The van der Waals surface area contributed by atoms with Crippen molar-refractivity contribution < 1.29 is 14.3 Å². The number of fused-ring (bicyclic) bond motifs is 1. The van der Waals surface area contributed by atoms with Gasteiger partial charge < -0.3 is 14.8 Å². The van der Waals surface area contributed by atoms with Crippen LogP contribution < -0.4 is 15.4 Å². The highest BCUT2D eigenvalue weighted by molar-refractivity contribution is 7.22. The van der Waals surface area contributed by atoms with E-state index in [-0.39, 0.29) is 0 Å². The van der Waals surface area contributed by atoms with E-state index in [1.165, 1.54) is 11.3 Å². The monoisotopic (exact) mass is 309 g/mol. The number of aromatic nitrogens is 1. The number of anilines is 1. The van der Waals surface area contributed by atoms with E-state index < -0.39 is 6.09 Å². The van der Waals surface area contributed by atoms with Gasteiger partial charge in [0, 0.05) is 12.6 Å². The molecule has 0 radical (unpaired) electrons. The Labute approximate surface area is 127 Å². The second-order valence-corrected chi connectivity index (χ2v) is 5.75. The van der Waals surface area contributed by atoms with Gasteiger partial charge in [0.15, 0.2) is 5.13 Å². The maximum Gasteiger partial charge on any atom is 0.413 e. The smallest absolute Gasteiger partial charge is 0.413 e. The average Bonchev–Trinajstić information content (AvgIpc) is 2.84. The summed E-state index contributed by atoms with van der Waals surface area (Å²) in [6.45, 7) is 5.02. The lowest BCUT2D eigenvalue weighted by Crippen LogP contribution is -2.28. The summed E-state index contributed by atoms with van der Waals surface area (Å²) in [6.07, 6.45) is -0.494. The molecule has 0 saturated heterocycles. The number of carbonyl (C=O) groups excluding carboxylic acids is 1. The molecule has 1 heterocycles. The molecule has 7 heteroatoms. The van der Waals surface area contributed by atoms with E-state index >= 15 is 0 Å². The number of hydrogen-bond donors (Lipinski definition) is 2. The van der Waals surface area contributed by atoms with E-state index in [1.54, 1.807) is 7.11 Å². The molecule has 2 aromatic rings. The lowest BCUT2D eigenvalue weighted by Gasteiger charge is -2.08. The third kappa shape index (κ3) is 4.57. The Balaban J connectivity index is 1.89. The highest BCUT2D eigenvalue weighted by Crippen LogP contribution is 2.29. The van der Waals surface area contributed by atoms with Crippen molar-refractivity contribution in [1.29, 1.82) is 0 Å². The van der Waals surface area contributed by atoms with Crippen molar-refractivity contribution in [3.8, 4) is 5.75 Å². The number of hydrogen-bond acceptors (Lipinski definition) is 6. The van der Waals surface area contributed by atoms with Crippen molar-refractivity contribution in [2.24, 2.45) is 0 Å². The largest absolute Gasteiger partial charge is 0.497 e. The molecule has 0 aliphatic carbocycles. The first-order chi connectivity index (χ1) is 10.1. The fourth-order valence-corrected chi connectivity index (χ4v) is 2.58. The van der Waals surface area contributed by atoms with E-state index in [0.29, 0.717) is 24.3 Å². The standard InChI is InChI=1S/C14H19N3O3S/c1-9(2)15-6-7-20-14(18)17-13-16-11-5-4-10(19-3)8-12(11)21-13/h4-5,8-9,15H,6-7H2,1-3H3,(H,16,17,18). The van der Waals surface area contributed by atoms with E-state index in [2.05, 4.69) is 15.6 Å². The molecule has 2 N–H and O–H groups in total. The van der Waals surface area contributed by atoms with Crippen molar-refractivity contribution in [1.82, 2.24) is 10.3 Å². The van der Waals surface area contributed by atoms with Gasteiger partial charge in [-0.2, -0.15) is 0 Å². The first-order valence-corrected chi connectivity index (χ1v) is 7.52. The molecule has 0 fully saturated rings. The molecule has 1 amide bonds. The van der Waals surface area contributed by atoms with Gasteiger partial charge in [-0.15, -0.1) is 0 Å². The lowest BCUT2D eigenvalue weighted by atomic mass is 10.3. The van der Waals surface area contributed by atoms with Crippen LogP contribution in [0.15, 0.2) is 18.2 Å². The zero-order valence-corrected chi connectivity index (χ0v) is 13.1. The average molecular weight is 309 g/mol. The van der Waals surface area contributed by atoms with Crippen molar-refractivity contribution in [2.45, 2.75) is 19.9 Å². The number of benzene rings is 1. The molecular weight excluding hydrogens is 290 g/mol. The first-order valence-electron chi connectivity index (χ1n) is 6.70. The molecule has 0 spiro atoms. The van der Waals surface area contributed by atoms with Crippen LogP contribution in [-0.4, -0.2) is 37.4 Å². The van der Waals surface area contributed by atoms with Gasteiger partial charge in [0.1, 0.15) is 12.4 Å². The minimum atomic E-state index is -0.494. The third-order valence-electron chi connectivity index (χ3n) is 2.69. The minimum absolute atomic E-state index is 0.322. The zero-order chi connectivity index (χ0) is 15.2.